The molecule has 1 unspecified atom stereocenters. The molecule has 1 aliphatic rings. The van der Waals surface area contributed by atoms with Crippen molar-refractivity contribution < 1.29 is 4.79 Å². The van der Waals surface area contributed by atoms with Crippen molar-refractivity contribution in [3.8, 4) is 0 Å². The number of hydrogen-bond donors (Lipinski definition) is 1. The van der Waals surface area contributed by atoms with E-state index in [0.29, 0.717) is 12.4 Å². The van der Waals surface area contributed by atoms with Gasteiger partial charge >= 0.3 is 0 Å². The van der Waals surface area contributed by atoms with Crippen molar-refractivity contribution in [3.63, 3.8) is 0 Å². The summed E-state index contributed by atoms with van der Waals surface area (Å²) in [6.07, 6.45) is 10.7. The lowest BCUT2D eigenvalue weighted by atomic mass is 9.95. The van der Waals surface area contributed by atoms with Gasteiger partial charge in [0.1, 0.15) is 11.6 Å². The Morgan fingerprint density at radius 1 is 1.16 bits per heavy atom. The van der Waals surface area contributed by atoms with Gasteiger partial charge in [-0.2, -0.15) is 5.10 Å². The first-order chi connectivity index (χ1) is 15.0. The van der Waals surface area contributed by atoms with Gasteiger partial charge in [-0.05, 0) is 44.9 Å². The minimum absolute atomic E-state index is 0.0220. The number of rotatable bonds is 5. The topological polar surface area (TPSA) is 88.8 Å². The van der Waals surface area contributed by atoms with Crippen molar-refractivity contribution in [2.45, 2.75) is 32.6 Å². The number of amides is 1. The van der Waals surface area contributed by atoms with Gasteiger partial charge in [0, 0.05) is 49.6 Å². The Hall–Kier alpha value is -3.55. The van der Waals surface area contributed by atoms with E-state index in [0.717, 1.165) is 47.8 Å². The van der Waals surface area contributed by atoms with E-state index in [1.54, 1.807) is 24.7 Å². The average molecular weight is 418 g/mol. The number of hydrogen-bond acceptors (Lipinski definition) is 6. The summed E-state index contributed by atoms with van der Waals surface area (Å²) in [5, 5.41) is 7.54. The number of anilines is 2. The van der Waals surface area contributed by atoms with Crippen LogP contribution in [0.5, 0.6) is 0 Å². The van der Waals surface area contributed by atoms with Gasteiger partial charge in [0.2, 0.25) is 5.91 Å². The number of likely N-dealkylation sites (tertiary alicyclic amines) is 1. The highest BCUT2D eigenvalue weighted by Crippen LogP contribution is 2.26. The SMILES string of the molecule is Cc1nn(C)c(C)c1/C=C/C(=O)N1CCCC(c2cnc(Nc3ccccn3)cn2)C1. The van der Waals surface area contributed by atoms with E-state index in [9.17, 15) is 4.79 Å². The standard InChI is InChI=1S/C23H27N7O/c1-16-19(17(2)29(3)28-16)9-10-23(31)30-12-6-7-18(15-30)20-13-26-22(14-25-20)27-21-8-4-5-11-24-21/h4-5,8-11,13-14,18H,6-7,12,15H2,1-3H3,(H,24,26,27)/b10-9+. The first kappa shape index (κ1) is 20.7. The Labute approximate surface area is 182 Å². The molecule has 0 aliphatic carbocycles. The summed E-state index contributed by atoms with van der Waals surface area (Å²) < 4.78 is 1.83. The number of carbonyl (C=O) groups is 1. The molecule has 0 aromatic carbocycles. The quantitative estimate of drug-likeness (QED) is 0.640. The van der Waals surface area contributed by atoms with Crippen LogP contribution in [0.2, 0.25) is 0 Å². The lowest BCUT2D eigenvalue weighted by molar-refractivity contribution is -0.127. The molecule has 0 radical (unpaired) electrons. The molecule has 160 valence electrons. The fourth-order valence-electron chi connectivity index (χ4n) is 3.89. The van der Waals surface area contributed by atoms with E-state index in [2.05, 4.69) is 25.4 Å². The van der Waals surface area contributed by atoms with Crippen LogP contribution in [0.3, 0.4) is 0 Å². The molecule has 1 atom stereocenters. The number of nitrogens with one attached hydrogen (secondary N) is 1. The van der Waals surface area contributed by atoms with E-state index < -0.39 is 0 Å². The van der Waals surface area contributed by atoms with Gasteiger partial charge in [0.05, 0.1) is 23.8 Å². The van der Waals surface area contributed by atoms with Crippen molar-refractivity contribution >= 4 is 23.6 Å². The fourth-order valence-corrected chi connectivity index (χ4v) is 3.89. The number of nitrogens with zero attached hydrogens (tertiary/aromatic N) is 6. The van der Waals surface area contributed by atoms with Gasteiger partial charge in [-0.15, -0.1) is 0 Å². The van der Waals surface area contributed by atoms with Gasteiger partial charge in [-0.3, -0.25) is 14.5 Å². The van der Waals surface area contributed by atoms with Crippen LogP contribution >= 0.6 is 0 Å². The van der Waals surface area contributed by atoms with Crippen LogP contribution in [0.25, 0.3) is 6.08 Å². The summed E-state index contributed by atoms with van der Waals surface area (Å²) in [5.41, 5.74) is 3.89. The van der Waals surface area contributed by atoms with Crippen LogP contribution < -0.4 is 5.32 Å². The third kappa shape index (κ3) is 4.79. The van der Waals surface area contributed by atoms with Crippen LogP contribution in [0.15, 0.2) is 42.9 Å². The molecule has 1 N–H and O–H groups in total. The molecule has 1 saturated heterocycles. The highest BCUT2D eigenvalue weighted by atomic mass is 16.2. The zero-order valence-electron chi connectivity index (χ0n) is 18.1. The number of carbonyl (C=O) groups excluding carboxylic acids is 1. The third-order valence-electron chi connectivity index (χ3n) is 5.70. The van der Waals surface area contributed by atoms with Crippen LogP contribution in [0.1, 0.15) is 41.4 Å². The third-order valence-corrected chi connectivity index (χ3v) is 5.70. The van der Waals surface area contributed by atoms with Gasteiger partial charge in [-0.1, -0.05) is 6.07 Å². The molecular weight excluding hydrogens is 390 g/mol. The van der Waals surface area contributed by atoms with Crippen molar-refractivity contribution in [2.75, 3.05) is 18.4 Å². The van der Waals surface area contributed by atoms with Crippen molar-refractivity contribution in [3.05, 3.63) is 65.5 Å². The van der Waals surface area contributed by atoms with E-state index in [1.165, 1.54) is 0 Å². The Kier molecular flexibility index (Phi) is 6.06. The predicted octanol–water partition coefficient (Wildman–Crippen LogP) is 3.38. The number of pyridine rings is 1. The maximum absolute atomic E-state index is 12.8. The van der Waals surface area contributed by atoms with Gasteiger partial charge in [0.15, 0.2) is 0 Å². The summed E-state index contributed by atoms with van der Waals surface area (Å²) in [6, 6.07) is 5.66. The Morgan fingerprint density at radius 3 is 2.71 bits per heavy atom. The van der Waals surface area contributed by atoms with Gasteiger partial charge < -0.3 is 10.2 Å². The maximum Gasteiger partial charge on any atom is 0.246 e. The second-order valence-electron chi connectivity index (χ2n) is 7.83. The monoisotopic (exact) mass is 417 g/mol. The second kappa shape index (κ2) is 9.07. The highest BCUT2D eigenvalue weighted by molar-refractivity contribution is 5.92. The van der Waals surface area contributed by atoms with Crippen LogP contribution in [-0.4, -0.2) is 48.6 Å². The number of piperidine rings is 1. The summed E-state index contributed by atoms with van der Waals surface area (Å²) >= 11 is 0. The molecule has 3 aromatic heterocycles. The molecule has 1 amide bonds. The van der Waals surface area contributed by atoms with E-state index in [4.69, 9.17) is 0 Å². The number of aromatic nitrogens is 5. The van der Waals surface area contributed by atoms with Crippen LogP contribution in [0, 0.1) is 13.8 Å². The molecule has 4 heterocycles. The molecule has 0 spiro atoms. The zero-order valence-corrected chi connectivity index (χ0v) is 18.1. The molecular formula is C23H27N7O. The summed E-state index contributed by atoms with van der Waals surface area (Å²) in [5.74, 6) is 1.58. The highest BCUT2D eigenvalue weighted by Gasteiger charge is 2.25. The number of aryl methyl sites for hydroxylation is 2. The molecule has 1 aliphatic heterocycles. The normalized spacial score (nSPS) is 16.6. The minimum atomic E-state index is 0.0220. The average Bonchev–Trinajstić information content (AvgIpc) is 3.04. The maximum atomic E-state index is 12.8. The van der Waals surface area contributed by atoms with Crippen LogP contribution in [-0.2, 0) is 11.8 Å². The first-order valence-electron chi connectivity index (χ1n) is 10.5. The summed E-state index contributed by atoms with van der Waals surface area (Å²) in [4.78, 5) is 28.0. The van der Waals surface area contributed by atoms with Crippen molar-refractivity contribution in [1.82, 2.24) is 29.6 Å². The fraction of sp³-hybridized carbons (Fsp3) is 0.348. The first-order valence-corrected chi connectivity index (χ1v) is 10.5. The summed E-state index contributed by atoms with van der Waals surface area (Å²) in [7, 11) is 1.91. The molecule has 1 fully saturated rings. The Bertz CT molecular complexity index is 1070. The minimum Gasteiger partial charge on any atom is -0.338 e. The molecule has 0 saturated carbocycles. The predicted molar refractivity (Wildman–Crippen MR) is 120 cm³/mol. The lowest BCUT2D eigenvalue weighted by Gasteiger charge is -2.31. The Morgan fingerprint density at radius 2 is 2.03 bits per heavy atom. The lowest BCUT2D eigenvalue weighted by Crippen LogP contribution is -2.38. The Balaban J connectivity index is 1.40. The second-order valence-corrected chi connectivity index (χ2v) is 7.83. The van der Waals surface area contributed by atoms with Gasteiger partial charge in [-0.25, -0.2) is 9.97 Å². The summed E-state index contributed by atoms with van der Waals surface area (Å²) in [6.45, 7) is 5.37. The molecule has 3 aromatic rings. The largest absolute Gasteiger partial charge is 0.338 e. The molecule has 31 heavy (non-hydrogen) atoms. The van der Waals surface area contributed by atoms with Crippen molar-refractivity contribution in [2.24, 2.45) is 7.05 Å². The van der Waals surface area contributed by atoms with Crippen LogP contribution in [0.4, 0.5) is 11.6 Å². The van der Waals surface area contributed by atoms with Gasteiger partial charge in [0.25, 0.3) is 0 Å². The van der Waals surface area contributed by atoms with Crippen molar-refractivity contribution in [1.29, 1.82) is 0 Å². The zero-order chi connectivity index (χ0) is 21.8. The molecule has 8 nitrogen and oxygen atoms in total. The molecule has 0 bridgehead atoms. The van der Waals surface area contributed by atoms with E-state index >= 15 is 0 Å². The molecule has 4 rings (SSSR count). The molecule has 8 heteroatoms. The van der Waals surface area contributed by atoms with E-state index in [1.807, 2.05) is 54.8 Å². The smallest absolute Gasteiger partial charge is 0.246 e. The van der Waals surface area contributed by atoms with E-state index in [-0.39, 0.29) is 11.8 Å².